The largest absolute Gasteiger partial charge is 0.248 e. The first-order valence-corrected chi connectivity index (χ1v) is 5.86. The Balaban J connectivity index is 2.41. The van der Waals surface area contributed by atoms with Crippen molar-refractivity contribution < 1.29 is 0 Å². The molecule has 0 fully saturated rings. The molecule has 2 heteroatoms. The highest BCUT2D eigenvalue weighted by Gasteiger charge is 2.15. The quantitative estimate of drug-likeness (QED) is 0.623. The number of nitrogens with zero attached hydrogens (tertiary/aromatic N) is 1. The lowest BCUT2D eigenvalue weighted by Crippen LogP contribution is -2.22. The average Bonchev–Trinajstić information content (AvgIpc) is 2.56. The molecule has 14 heavy (non-hydrogen) atoms. The smallest absolute Gasteiger partial charge is 0.0740 e. The van der Waals surface area contributed by atoms with Gasteiger partial charge in [0.2, 0.25) is 0 Å². The first kappa shape index (κ1) is 8.30. The van der Waals surface area contributed by atoms with Gasteiger partial charge in [0.15, 0.2) is 0 Å². The molecule has 0 N–H and O–H groups in total. The standard InChI is InChI=1S/C12H11NS/c1-8-4-5-10-9(7-8)12-11(13-10)3-2-6-14-12/h3-5,7H,2,6H2,1H3. The number of hydrogen-bond acceptors (Lipinski definition) is 2. The van der Waals surface area contributed by atoms with Crippen molar-refractivity contribution in [3.05, 3.63) is 46.1 Å². The highest BCUT2D eigenvalue weighted by molar-refractivity contribution is 8.08. The Morgan fingerprint density at radius 1 is 1.36 bits per heavy atom. The highest BCUT2D eigenvalue weighted by atomic mass is 32.2. The molecule has 2 heterocycles. The van der Waals surface area contributed by atoms with Crippen molar-refractivity contribution in [1.29, 1.82) is 0 Å². The Bertz CT molecular complexity index is 540. The summed E-state index contributed by atoms with van der Waals surface area (Å²) in [6, 6.07) is 6.50. The summed E-state index contributed by atoms with van der Waals surface area (Å²) in [5, 5.41) is 2.48. The molecule has 0 amide bonds. The van der Waals surface area contributed by atoms with Crippen LogP contribution in [0.25, 0.3) is 4.91 Å². The van der Waals surface area contributed by atoms with Crippen molar-refractivity contribution >= 4 is 16.7 Å². The molecule has 1 nitrogen and oxygen atoms in total. The lowest BCUT2D eigenvalue weighted by atomic mass is 10.2. The third kappa shape index (κ3) is 1.14. The summed E-state index contributed by atoms with van der Waals surface area (Å²) in [6.07, 6.45) is 3.40. The number of rotatable bonds is 0. The summed E-state index contributed by atoms with van der Waals surface area (Å²) in [5.74, 6) is 1.20. The number of benzene rings is 1. The number of aryl methyl sites for hydroxylation is 1. The number of fused-ring (bicyclic) bond motifs is 2. The fourth-order valence-corrected chi connectivity index (χ4v) is 2.93. The van der Waals surface area contributed by atoms with E-state index in [0.29, 0.717) is 0 Å². The molecule has 0 aromatic heterocycles. The Hall–Kier alpha value is -1.02. The first-order valence-electron chi connectivity index (χ1n) is 4.87. The summed E-state index contributed by atoms with van der Waals surface area (Å²) in [7, 11) is 0. The van der Waals surface area contributed by atoms with Crippen molar-refractivity contribution in [2.24, 2.45) is 4.99 Å². The summed E-state index contributed by atoms with van der Waals surface area (Å²) < 4.78 is 0. The molecule has 0 aliphatic carbocycles. The fraction of sp³-hybridized carbons (Fsp3) is 0.250. The Kier molecular flexibility index (Phi) is 1.77. The van der Waals surface area contributed by atoms with E-state index in [-0.39, 0.29) is 0 Å². The molecule has 0 unspecified atom stereocenters. The first-order chi connectivity index (χ1) is 6.84. The second-order valence-corrected chi connectivity index (χ2v) is 4.79. The van der Waals surface area contributed by atoms with Gasteiger partial charge in [-0.3, -0.25) is 0 Å². The number of hydrogen-bond donors (Lipinski definition) is 0. The second kappa shape index (κ2) is 2.99. The minimum atomic E-state index is 1.14. The van der Waals surface area contributed by atoms with Gasteiger partial charge >= 0.3 is 0 Å². The van der Waals surface area contributed by atoms with Crippen molar-refractivity contribution in [2.45, 2.75) is 13.3 Å². The van der Waals surface area contributed by atoms with E-state index in [1.807, 2.05) is 11.8 Å². The van der Waals surface area contributed by atoms with Crippen LogP contribution in [-0.4, -0.2) is 5.75 Å². The van der Waals surface area contributed by atoms with E-state index < -0.39 is 0 Å². The van der Waals surface area contributed by atoms with Gasteiger partial charge in [-0.2, -0.15) is 0 Å². The average molecular weight is 201 g/mol. The number of thioether (sulfide) groups is 1. The van der Waals surface area contributed by atoms with E-state index in [4.69, 9.17) is 0 Å². The monoisotopic (exact) mass is 201 g/mol. The van der Waals surface area contributed by atoms with Gasteiger partial charge < -0.3 is 0 Å². The van der Waals surface area contributed by atoms with Gasteiger partial charge in [-0.1, -0.05) is 17.7 Å². The molecule has 2 aliphatic heterocycles. The molecule has 2 aliphatic rings. The van der Waals surface area contributed by atoms with E-state index in [9.17, 15) is 0 Å². The molecule has 0 atom stereocenters. The molecular weight excluding hydrogens is 190 g/mol. The van der Waals surface area contributed by atoms with Crippen LogP contribution in [0.3, 0.4) is 0 Å². The maximum Gasteiger partial charge on any atom is 0.0740 e. The zero-order valence-electron chi connectivity index (χ0n) is 8.08. The molecule has 1 aromatic rings. The van der Waals surface area contributed by atoms with E-state index in [1.54, 1.807) is 0 Å². The minimum absolute atomic E-state index is 1.14. The fourth-order valence-electron chi connectivity index (χ4n) is 1.89. The van der Waals surface area contributed by atoms with Crippen LogP contribution in [0.1, 0.15) is 12.0 Å². The van der Waals surface area contributed by atoms with Gasteiger partial charge in [0, 0.05) is 15.9 Å². The van der Waals surface area contributed by atoms with Crippen LogP contribution in [-0.2, 0) is 0 Å². The second-order valence-electron chi connectivity index (χ2n) is 3.69. The molecular formula is C12H11NS. The van der Waals surface area contributed by atoms with Gasteiger partial charge in [0.05, 0.1) is 11.1 Å². The van der Waals surface area contributed by atoms with Crippen molar-refractivity contribution in [3.8, 4) is 0 Å². The normalized spacial score (nSPS) is 18.4. The summed E-state index contributed by atoms with van der Waals surface area (Å²) in [4.78, 5) is 6.00. The molecule has 0 saturated heterocycles. The van der Waals surface area contributed by atoms with E-state index in [0.717, 1.165) is 11.8 Å². The predicted octanol–water partition coefficient (Wildman–Crippen LogP) is 1.76. The van der Waals surface area contributed by atoms with Crippen LogP contribution >= 0.6 is 11.8 Å². The zero-order valence-corrected chi connectivity index (χ0v) is 8.90. The zero-order chi connectivity index (χ0) is 9.54. The predicted molar refractivity (Wildman–Crippen MR) is 60.5 cm³/mol. The highest BCUT2D eigenvalue weighted by Crippen LogP contribution is 2.31. The molecule has 1 aromatic carbocycles. The molecule has 3 rings (SSSR count). The number of allylic oxidation sites excluding steroid dienone is 1. The molecule has 70 valence electrons. The van der Waals surface area contributed by atoms with Crippen LogP contribution in [0.4, 0.5) is 0 Å². The summed E-state index contributed by atoms with van der Waals surface area (Å²) >= 11 is 1.94. The third-order valence-electron chi connectivity index (χ3n) is 2.57. The molecule has 0 saturated carbocycles. The summed E-state index contributed by atoms with van der Waals surface area (Å²) in [5.41, 5.74) is 2.51. The van der Waals surface area contributed by atoms with Crippen molar-refractivity contribution in [3.63, 3.8) is 0 Å². The minimum Gasteiger partial charge on any atom is -0.248 e. The lowest BCUT2D eigenvalue weighted by molar-refractivity contribution is 1.19. The van der Waals surface area contributed by atoms with Crippen LogP contribution < -0.4 is 10.6 Å². The molecule has 0 spiro atoms. The van der Waals surface area contributed by atoms with E-state index in [1.165, 1.54) is 27.1 Å². The van der Waals surface area contributed by atoms with Crippen LogP contribution in [0.15, 0.2) is 35.0 Å². The molecule has 0 radical (unpaired) electrons. The molecule has 0 bridgehead atoms. The van der Waals surface area contributed by atoms with Gasteiger partial charge in [0.25, 0.3) is 0 Å². The Morgan fingerprint density at radius 2 is 2.29 bits per heavy atom. The van der Waals surface area contributed by atoms with E-state index >= 15 is 0 Å². The van der Waals surface area contributed by atoms with Crippen molar-refractivity contribution in [2.75, 3.05) is 5.75 Å². The van der Waals surface area contributed by atoms with Crippen LogP contribution in [0.5, 0.6) is 0 Å². The van der Waals surface area contributed by atoms with Crippen molar-refractivity contribution in [1.82, 2.24) is 0 Å². The maximum atomic E-state index is 4.62. The Morgan fingerprint density at radius 3 is 3.21 bits per heavy atom. The topological polar surface area (TPSA) is 12.4 Å². The SMILES string of the molecule is Cc1ccc2c(c1)=C1SCCC=C1N=2. The van der Waals surface area contributed by atoms with Gasteiger partial charge in [-0.05, 0) is 25.5 Å². The van der Waals surface area contributed by atoms with Gasteiger partial charge in [0.1, 0.15) is 0 Å². The Labute approximate surface area is 87.2 Å². The van der Waals surface area contributed by atoms with Gasteiger partial charge in [-0.15, -0.1) is 11.8 Å². The lowest BCUT2D eigenvalue weighted by Gasteiger charge is -2.08. The summed E-state index contributed by atoms with van der Waals surface area (Å²) in [6.45, 7) is 2.13. The van der Waals surface area contributed by atoms with Gasteiger partial charge in [-0.25, -0.2) is 4.99 Å². The van der Waals surface area contributed by atoms with Crippen LogP contribution in [0, 0.1) is 6.92 Å². The van der Waals surface area contributed by atoms with E-state index in [2.05, 4.69) is 36.2 Å². The maximum absolute atomic E-state index is 4.62. The van der Waals surface area contributed by atoms with Crippen LogP contribution in [0.2, 0.25) is 0 Å². The third-order valence-corrected chi connectivity index (χ3v) is 3.73.